The molecule has 1 aromatic heterocycles. The van der Waals surface area contributed by atoms with Gasteiger partial charge in [0.15, 0.2) is 5.03 Å². The van der Waals surface area contributed by atoms with Crippen LogP contribution in [-0.4, -0.2) is 45.4 Å². The van der Waals surface area contributed by atoms with Crippen LogP contribution in [0.2, 0.25) is 0 Å². The smallest absolute Gasteiger partial charge is 0.322 e. The maximum atomic E-state index is 12.5. The summed E-state index contributed by atoms with van der Waals surface area (Å²) in [6.45, 7) is 1.86. The van der Waals surface area contributed by atoms with Crippen LogP contribution < -0.4 is 0 Å². The molecule has 0 amide bonds. The number of nitrogens with zero attached hydrogens (tertiary/aromatic N) is 3. The van der Waals surface area contributed by atoms with E-state index in [1.54, 1.807) is 7.05 Å². The van der Waals surface area contributed by atoms with Gasteiger partial charge in [-0.2, -0.15) is 4.31 Å². The lowest BCUT2D eigenvalue weighted by Gasteiger charge is -2.25. The highest BCUT2D eigenvalue weighted by Gasteiger charge is 2.45. The zero-order valence-electron chi connectivity index (χ0n) is 10.9. The standard InChI is InChI=1S/C11H17N3O4S/c1-3-8-4-5-9(11(15)16)14(8)19(17,18)10-6-13(2)7-12-10/h6-9H,3-5H2,1-2H3,(H,15,16). The Hall–Kier alpha value is -1.41. The van der Waals surface area contributed by atoms with Crippen molar-refractivity contribution in [3.05, 3.63) is 12.5 Å². The van der Waals surface area contributed by atoms with Crippen LogP contribution in [0.15, 0.2) is 17.6 Å². The van der Waals surface area contributed by atoms with Gasteiger partial charge in [0, 0.05) is 19.3 Å². The van der Waals surface area contributed by atoms with Crippen molar-refractivity contribution in [2.75, 3.05) is 0 Å². The van der Waals surface area contributed by atoms with Gasteiger partial charge in [0.05, 0.1) is 6.33 Å². The number of aryl methyl sites for hydroxylation is 1. The number of hydrogen-bond donors (Lipinski definition) is 1. The van der Waals surface area contributed by atoms with Crippen LogP contribution >= 0.6 is 0 Å². The second-order valence-corrected chi connectivity index (χ2v) is 6.50. The number of sulfonamides is 1. The molecule has 0 spiro atoms. The van der Waals surface area contributed by atoms with Crippen LogP contribution in [-0.2, 0) is 21.9 Å². The summed E-state index contributed by atoms with van der Waals surface area (Å²) in [7, 11) is -2.18. The Morgan fingerprint density at radius 1 is 1.53 bits per heavy atom. The number of hydrogen-bond acceptors (Lipinski definition) is 4. The van der Waals surface area contributed by atoms with Gasteiger partial charge >= 0.3 is 5.97 Å². The Bertz CT molecular complexity index is 581. The van der Waals surface area contributed by atoms with Gasteiger partial charge < -0.3 is 9.67 Å². The number of imidazole rings is 1. The Morgan fingerprint density at radius 2 is 2.21 bits per heavy atom. The molecule has 1 fully saturated rings. The number of carboxylic acids is 1. The molecule has 0 saturated carbocycles. The van der Waals surface area contributed by atoms with Crippen molar-refractivity contribution in [3.63, 3.8) is 0 Å². The molecule has 2 heterocycles. The van der Waals surface area contributed by atoms with Gasteiger partial charge in [0.2, 0.25) is 0 Å². The van der Waals surface area contributed by atoms with E-state index in [0.717, 1.165) is 4.31 Å². The van der Waals surface area contributed by atoms with Gasteiger partial charge in [-0.25, -0.2) is 13.4 Å². The quantitative estimate of drug-likeness (QED) is 0.867. The molecule has 2 unspecified atom stereocenters. The van der Waals surface area contributed by atoms with Crippen LogP contribution in [0, 0.1) is 0 Å². The molecule has 7 nitrogen and oxygen atoms in total. The van der Waals surface area contributed by atoms with Crippen LogP contribution in [0.25, 0.3) is 0 Å². The number of carbonyl (C=O) groups is 1. The van der Waals surface area contributed by atoms with Crippen molar-refractivity contribution in [3.8, 4) is 0 Å². The Balaban J connectivity index is 2.43. The third-order valence-electron chi connectivity index (χ3n) is 3.42. The first kappa shape index (κ1) is 14.0. The van der Waals surface area contributed by atoms with Crippen molar-refractivity contribution in [2.45, 2.75) is 43.3 Å². The van der Waals surface area contributed by atoms with Crippen LogP contribution in [0.3, 0.4) is 0 Å². The van der Waals surface area contributed by atoms with Gasteiger partial charge in [0.1, 0.15) is 6.04 Å². The second kappa shape index (κ2) is 4.93. The first-order valence-corrected chi connectivity index (χ1v) is 7.56. The molecule has 1 aliphatic heterocycles. The van der Waals surface area contributed by atoms with Gasteiger partial charge in [-0.05, 0) is 19.3 Å². The zero-order chi connectivity index (χ0) is 14.2. The van der Waals surface area contributed by atoms with Crippen molar-refractivity contribution < 1.29 is 18.3 Å². The lowest BCUT2D eigenvalue weighted by Crippen LogP contribution is -2.44. The van der Waals surface area contributed by atoms with Crippen LogP contribution in [0.1, 0.15) is 26.2 Å². The maximum Gasteiger partial charge on any atom is 0.322 e. The first-order chi connectivity index (χ1) is 8.87. The number of carboxylic acid groups (broad SMARTS) is 1. The molecule has 0 aliphatic carbocycles. The molecule has 0 bridgehead atoms. The number of rotatable bonds is 4. The molecule has 8 heteroatoms. The van der Waals surface area contributed by atoms with Crippen LogP contribution in [0.4, 0.5) is 0 Å². The van der Waals surface area contributed by atoms with E-state index in [-0.39, 0.29) is 11.1 Å². The van der Waals surface area contributed by atoms with E-state index in [1.807, 2.05) is 6.92 Å². The predicted molar refractivity (Wildman–Crippen MR) is 67.0 cm³/mol. The molecule has 0 radical (unpaired) electrons. The summed E-state index contributed by atoms with van der Waals surface area (Å²) in [5.74, 6) is -1.10. The summed E-state index contributed by atoms with van der Waals surface area (Å²) in [5, 5.41) is 9.08. The van der Waals surface area contributed by atoms with E-state index in [4.69, 9.17) is 0 Å². The normalized spacial score (nSPS) is 24.7. The molecule has 19 heavy (non-hydrogen) atoms. The van der Waals surface area contributed by atoms with Crippen molar-refractivity contribution >= 4 is 16.0 Å². The lowest BCUT2D eigenvalue weighted by atomic mass is 10.1. The minimum Gasteiger partial charge on any atom is -0.480 e. The topological polar surface area (TPSA) is 92.5 Å². The van der Waals surface area contributed by atoms with Crippen molar-refractivity contribution in [1.29, 1.82) is 0 Å². The molecule has 106 valence electrons. The molecule has 1 aromatic rings. The fourth-order valence-electron chi connectivity index (χ4n) is 2.47. The SMILES string of the molecule is CCC1CCC(C(=O)O)N1S(=O)(=O)c1cn(C)cn1. The van der Waals surface area contributed by atoms with Gasteiger partial charge in [-0.3, -0.25) is 4.79 Å². The highest BCUT2D eigenvalue weighted by atomic mass is 32.2. The van der Waals surface area contributed by atoms with E-state index in [2.05, 4.69) is 4.98 Å². The third-order valence-corrected chi connectivity index (χ3v) is 5.27. The Morgan fingerprint density at radius 3 is 2.68 bits per heavy atom. The largest absolute Gasteiger partial charge is 0.480 e. The summed E-state index contributed by atoms with van der Waals surface area (Å²) in [4.78, 5) is 15.1. The fraction of sp³-hybridized carbons (Fsp3) is 0.636. The first-order valence-electron chi connectivity index (χ1n) is 6.12. The van der Waals surface area contributed by atoms with Crippen molar-refractivity contribution in [2.24, 2.45) is 7.05 Å². The highest BCUT2D eigenvalue weighted by molar-refractivity contribution is 7.89. The van der Waals surface area contributed by atoms with E-state index < -0.39 is 22.0 Å². The van der Waals surface area contributed by atoms with E-state index >= 15 is 0 Å². The molecule has 2 atom stereocenters. The van der Waals surface area contributed by atoms with Gasteiger partial charge in [-0.15, -0.1) is 0 Å². The Kier molecular flexibility index (Phi) is 3.64. The third kappa shape index (κ3) is 2.37. The summed E-state index contributed by atoms with van der Waals surface area (Å²) >= 11 is 0. The average molecular weight is 287 g/mol. The summed E-state index contributed by atoms with van der Waals surface area (Å²) in [5.41, 5.74) is 0. The molecule has 1 aliphatic rings. The predicted octanol–water partition coefficient (Wildman–Crippen LogP) is 0.436. The molecular weight excluding hydrogens is 270 g/mol. The molecule has 1 saturated heterocycles. The summed E-state index contributed by atoms with van der Waals surface area (Å²) in [6.07, 6.45) is 4.29. The second-order valence-electron chi connectivity index (χ2n) is 4.71. The van der Waals surface area contributed by atoms with Gasteiger partial charge in [0.25, 0.3) is 10.0 Å². The van der Waals surface area contributed by atoms with E-state index in [0.29, 0.717) is 19.3 Å². The van der Waals surface area contributed by atoms with Gasteiger partial charge in [-0.1, -0.05) is 6.92 Å². The minimum atomic E-state index is -3.85. The average Bonchev–Trinajstić information content (AvgIpc) is 2.94. The van der Waals surface area contributed by atoms with E-state index in [1.165, 1.54) is 17.1 Å². The molecule has 0 aromatic carbocycles. The zero-order valence-corrected chi connectivity index (χ0v) is 11.7. The monoisotopic (exact) mass is 287 g/mol. The number of aliphatic carboxylic acids is 1. The highest BCUT2D eigenvalue weighted by Crippen LogP contribution is 2.32. The minimum absolute atomic E-state index is 0.0957. The summed E-state index contributed by atoms with van der Waals surface area (Å²) < 4.78 is 27.7. The molecule has 1 N–H and O–H groups in total. The van der Waals surface area contributed by atoms with E-state index in [9.17, 15) is 18.3 Å². The molecule has 2 rings (SSSR count). The molecular formula is C11H17N3O4S. The number of aromatic nitrogens is 2. The Labute approximate surface area is 111 Å². The lowest BCUT2D eigenvalue weighted by molar-refractivity contribution is -0.140. The summed E-state index contributed by atoms with van der Waals surface area (Å²) in [6, 6.07) is -1.26. The van der Waals surface area contributed by atoms with Crippen LogP contribution in [0.5, 0.6) is 0 Å². The van der Waals surface area contributed by atoms with Crippen molar-refractivity contribution in [1.82, 2.24) is 13.9 Å². The maximum absolute atomic E-state index is 12.5. The fourth-order valence-corrected chi connectivity index (χ4v) is 4.34.